The van der Waals surface area contributed by atoms with E-state index in [1.165, 1.54) is 11.3 Å². The molecule has 1 fully saturated rings. The van der Waals surface area contributed by atoms with Gasteiger partial charge >= 0.3 is 0 Å². The van der Waals surface area contributed by atoms with E-state index >= 15 is 0 Å². The Bertz CT molecular complexity index is 707. The van der Waals surface area contributed by atoms with E-state index in [1.54, 1.807) is 0 Å². The van der Waals surface area contributed by atoms with Gasteiger partial charge < -0.3 is 10.1 Å². The Morgan fingerprint density at radius 3 is 2.65 bits per heavy atom. The minimum atomic E-state index is -0.0491. The molecule has 6 heteroatoms. The Hall–Kier alpha value is -1.17. The van der Waals surface area contributed by atoms with Crippen LogP contribution < -0.4 is 5.32 Å². The topological polar surface area (TPSA) is 51.2 Å². The predicted octanol–water partition coefficient (Wildman–Crippen LogP) is 3.00. The summed E-state index contributed by atoms with van der Waals surface area (Å²) < 4.78 is 5.07. The highest BCUT2D eigenvalue weighted by Crippen LogP contribution is 2.35. The fourth-order valence-electron chi connectivity index (χ4n) is 2.39. The lowest BCUT2D eigenvalue weighted by atomic mass is 10.1. The van der Waals surface area contributed by atoms with Crippen molar-refractivity contribution in [1.82, 2.24) is 10.3 Å². The van der Waals surface area contributed by atoms with Crippen molar-refractivity contribution in [2.75, 3.05) is 13.2 Å². The average Bonchev–Trinajstić information content (AvgIpc) is 2.68. The SMILES string of the molecule is Cc1nc2sc(C(=O)NC3COC3)c(C)c2c(C)c1Cl. The average molecular weight is 311 g/mol. The number of hydrogen-bond donors (Lipinski definition) is 1. The number of nitrogens with zero attached hydrogens (tertiary/aromatic N) is 1. The lowest BCUT2D eigenvalue weighted by Crippen LogP contribution is -2.48. The number of rotatable bonds is 2. The first kappa shape index (κ1) is 13.8. The smallest absolute Gasteiger partial charge is 0.262 e. The number of carbonyl (C=O) groups is 1. The van der Waals surface area contributed by atoms with E-state index in [-0.39, 0.29) is 11.9 Å². The van der Waals surface area contributed by atoms with Gasteiger partial charge in [0.05, 0.1) is 34.8 Å². The maximum atomic E-state index is 12.3. The van der Waals surface area contributed by atoms with Gasteiger partial charge in [0, 0.05) is 5.39 Å². The zero-order valence-electron chi connectivity index (χ0n) is 11.5. The van der Waals surface area contributed by atoms with Crippen molar-refractivity contribution in [2.24, 2.45) is 0 Å². The van der Waals surface area contributed by atoms with Gasteiger partial charge in [-0.3, -0.25) is 4.79 Å². The minimum absolute atomic E-state index is 0.0491. The highest BCUT2D eigenvalue weighted by atomic mass is 35.5. The molecule has 0 aliphatic carbocycles. The second kappa shape index (κ2) is 4.98. The van der Waals surface area contributed by atoms with Gasteiger partial charge in [0.1, 0.15) is 4.83 Å². The molecule has 1 amide bonds. The van der Waals surface area contributed by atoms with Crippen molar-refractivity contribution in [3.05, 3.63) is 26.7 Å². The summed E-state index contributed by atoms with van der Waals surface area (Å²) in [6.45, 7) is 7.00. The van der Waals surface area contributed by atoms with Crippen LogP contribution >= 0.6 is 22.9 Å². The molecule has 0 atom stereocenters. The molecule has 0 bridgehead atoms. The first-order valence-electron chi connectivity index (χ1n) is 6.43. The number of thiophene rings is 1. The second-order valence-corrected chi connectivity index (χ2v) is 6.46. The standard InChI is InChI=1S/C14H15ClN2O2S/c1-6-10-7(2)12(13(18)17-9-4-19-5-9)20-14(10)16-8(3)11(6)15/h9H,4-5H2,1-3H3,(H,17,18). The van der Waals surface area contributed by atoms with Gasteiger partial charge in [-0.25, -0.2) is 4.98 Å². The van der Waals surface area contributed by atoms with E-state index in [0.717, 1.165) is 27.0 Å². The molecule has 0 aromatic carbocycles. The molecule has 20 heavy (non-hydrogen) atoms. The molecule has 0 spiro atoms. The quantitative estimate of drug-likeness (QED) is 0.927. The van der Waals surface area contributed by atoms with Crippen molar-refractivity contribution in [2.45, 2.75) is 26.8 Å². The van der Waals surface area contributed by atoms with Crippen molar-refractivity contribution in [3.8, 4) is 0 Å². The van der Waals surface area contributed by atoms with Crippen molar-refractivity contribution < 1.29 is 9.53 Å². The zero-order valence-corrected chi connectivity index (χ0v) is 13.1. The van der Waals surface area contributed by atoms with Crippen LogP contribution in [0.2, 0.25) is 5.02 Å². The third-order valence-corrected chi connectivity index (χ3v) is 5.34. The molecule has 1 N–H and O–H groups in total. The molecular formula is C14H15ClN2O2S. The maximum Gasteiger partial charge on any atom is 0.262 e. The van der Waals surface area contributed by atoms with E-state index in [9.17, 15) is 4.79 Å². The molecular weight excluding hydrogens is 296 g/mol. The normalized spacial score (nSPS) is 15.4. The fourth-order valence-corrected chi connectivity index (χ4v) is 3.72. The van der Waals surface area contributed by atoms with Crippen molar-refractivity contribution in [1.29, 1.82) is 0 Å². The molecule has 3 rings (SSSR count). The second-order valence-electron chi connectivity index (χ2n) is 5.08. The van der Waals surface area contributed by atoms with Crippen LogP contribution in [0.1, 0.15) is 26.5 Å². The van der Waals surface area contributed by atoms with Crippen LogP contribution in [0.15, 0.2) is 0 Å². The summed E-state index contributed by atoms with van der Waals surface area (Å²) in [6.07, 6.45) is 0. The van der Waals surface area contributed by atoms with Crippen LogP contribution in [0.25, 0.3) is 10.2 Å². The van der Waals surface area contributed by atoms with Crippen molar-refractivity contribution in [3.63, 3.8) is 0 Å². The number of hydrogen-bond acceptors (Lipinski definition) is 4. The molecule has 2 aromatic rings. The van der Waals surface area contributed by atoms with Crippen LogP contribution in [-0.4, -0.2) is 30.1 Å². The summed E-state index contributed by atoms with van der Waals surface area (Å²) in [4.78, 5) is 18.4. The number of nitrogens with one attached hydrogen (secondary N) is 1. The van der Waals surface area contributed by atoms with Crippen LogP contribution in [0.3, 0.4) is 0 Å². The number of carbonyl (C=O) groups excluding carboxylic acids is 1. The summed E-state index contributed by atoms with van der Waals surface area (Å²) in [5.41, 5.74) is 2.75. The molecule has 4 nitrogen and oxygen atoms in total. The number of pyridine rings is 1. The van der Waals surface area contributed by atoms with E-state index in [1.807, 2.05) is 20.8 Å². The summed E-state index contributed by atoms with van der Waals surface area (Å²) >= 11 is 7.68. The van der Waals surface area contributed by atoms with E-state index in [4.69, 9.17) is 16.3 Å². The van der Waals surface area contributed by atoms with Crippen LogP contribution in [0, 0.1) is 20.8 Å². The molecule has 0 radical (unpaired) electrons. The predicted molar refractivity (Wildman–Crippen MR) is 80.9 cm³/mol. The number of halogens is 1. The van der Waals surface area contributed by atoms with E-state index < -0.39 is 0 Å². The van der Waals surface area contributed by atoms with E-state index in [2.05, 4.69) is 10.3 Å². The van der Waals surface area contributed by atoms with Gasteiger partial charge in [0.25, 0.3) is 5.91 Å². The molecule has 1 saturated heterocycles. The molecule has 106 valence electrons. The van der Waals surface area contributed by atoms with Gasteiger partial charge in [-0.2, -0.15) is 0 Å². The molecule has 2 aromatic heterocycles. The number of aryl methyl sites for hydroxylation is 3. The third-order valence-electron chi connectivity index (χ3n) is 3.60. The van der Waals surface area contributed by atoms with Crippen molar-refractivity contribution >= 4 is 39.1 Å². The van der Waals surface area contributed by atoms with Gasteiger partial charge in [-0.1, -0.05) is 11.6 Å². The number of ether oxygens (including phenoxy) is 1. The molecule has 0 unspecified atom stereocenters. The first-order chi connectivity index (χ1) is 9.49. The Morgan fingerprint density at radius 2 is 2.05 bits per heavy atom. The van der Waals surface area contributed by atoms with Gasteiger partial charge in [-0.15, -0.1) is 11.3 Å². The fraction of sp³-hybridized carbons (Fsp3) is 0.429. The van der Waals surface area contributed by atoms with Gasteiger partial charge in [-0.05, 0) is 31.9 Å². The summed E-state index contributed by atoms with van der Waals surface area (Å²) in [7, 11) is 0. The van der Waals surface area contributed by atoms with Gasteiger partial charge in [0.15, 0.2) is 0 Å². The molecule has 3 heterocycles. The third kappa shape index (κ3) is 2.10. The van der Waals surface area contributed by atoms with Crippen LogP contribution in [-0.2, 0) is 4.74 Å². The minimum Gasteiger partial charge on any atom is -0.377 e. The highest BCUT2D eigenvalue weighted by Gasteiger charge is 2.24. The van der Waals surface area contributed by atoms with Crippen LogP contribution in [0.4, 0.5) is 0 Å². The number of amides is 1. The molecule has 0 saturated carbocycles. The highest BCUT2D eigenvalue weighted by molar-refractivity contribution is 7.20. The zero-order chi connectivity index (χ0) is 14.4. The molecule has 1 aliphatic heterocycles. The Morgan fingerprint density at radius 1 is 1.35 bits per heavy atom. The molecule has 1 aliphatic rings. The number of aromatic nitrogens is 1. The summed E-state index contributed by atoms with van der Waals surface area (Å²) in [5.74, 6) is -0.0491. The van der Waals surface area contributed by atoms with Crippen LogP contribution in [0.5, 0.6) is 0 Å². The largest absolute Gasteiger partial charge is 0.377 e. The van der Waals surface area contributed by atoms with Gasteiger partial charge in [0.2, 0.25) is 0 Å². The number of fused-ring (bicyclic) bond motifs is 1. The maximum absolute atomic E-state index is 12.3. The lowest BCUT2D eigenvalue weighted by molar-refractivity contribution is -0.00339. The summed E-state index contributed by atoms with van der Waals surface area (Å²) in [6, 6.07) is 0.131. The monoisotopic (exact) mass is 310 g/mol. The first-order valence-corrected chi connectivity index (χ1v) is 7.63. The van der Waals surface area contributed by atoms with E-state index in [0.29, 0.717) is 23.1 Å². The Kier molecular flexibility index (Phi) is 3.44. The summed E-state index contributed by atoms with van der Waals surface area (Å²) in [5, 5.41) is 4.65. The Labute approximate surface area is 126 Å². The Balaban J connectivity index is 2.06. The lowest BCUT2D eigenvalue weighted by Gasteiger charge is -2.26.